The second-order valence-corrected chi connectivity index (χ2v) is 6.15. The Bertz CT molecular complexity index is 1080. The van der Waals surface area contributed by atoms with Gasteiger partial charge in [0.2, 0.25) is 0 Å². The van der Waals surface area contributed by atoms with Gasteiger partial charge < -0.3 is 9.63 Å². The maximum absolute atomic E-state index is 13.4. The van der Waals surface area contributed by atoms with Crippen molar-refractivity contribution >= 4 is 11.6 Å². The number of benzene rings is 3. The normalized spacial score (nSPS) is 10.8. The van der Waals surface area contributed by atoms with Gasteiger partial charge in [-0.2, -0.15) is 0 Å². The number of hydrogen-bond donors (Lipinski definition) is 1. The van der Waals surface area contributed by atoms with Crippen molar-refractivity contribution in [2.75, 3.05) is 0 Å². The van der Waals surface area contributed by atoms with Gasteiger partial charge in [0.15, 0.2) is 5.76 Å². The van der Waals surface area contributed by atoms with Gasteiger partial charge in [0.1, 0.15) is 17.3 Å². The van der Waals surface area contributed by atoms with Gasteiger partial charge in [0, 0.05) is 11.6 Å². The molecule has 0 spiro atoms. The van der Waals surface area contributed by atoms with Gasteiger partial charge in [-0.25, -0.2) is 4.39 Å². The van der Waals surface area contributed by atoms with Gasteiger partial charge in [-0.1, -0.05) is 65.3 Å². The van der Waals surface area contributed by atoms with Crippen LogP contribution in [0, 0.1) is 5.82 Å². The second kappa shape index (κ2) is 6.65. The van der Waals surface area contributed by atoms with Crippen molar-refractivity contribution < 1.29 is 14.0 Å². The van der Waals surface area contributed by atoms with Crippen LogP contribution in [-0.2, 0) is 0 Å². The van der Waals surface area contributed by atoms with Crippen molar-refractivity contribution in [1.29, 1.82) is 0 Å². The number of halogens is 2. The number of nitrogens with zero attached hydrogens (tertiary/aromatic N) is 1. The summed E-state index contributed by atoms with van der Waals surface area (Å²) in [5, 5.41) is 14.9. The van der Waals surface area contributed by atoms with Gasteiger partial charge in [-0.15, -0.1) is 0 Å². The van der Waals surface area contributed by atoms with Crippen molar-refractivity contribution in [2.45, 2.75) is 0 Å². The standard InChI is InChI=1S/C21H13ClFNO2/c22-17-9-5-4-8-15(17)20-19(13-6-2-1-3-7-13)21(26-24-20)16-11-10-14(23)12-18(16)25/h1-12,25H. The van der Waals surface area contributed by atoms with Gasteiger partial charge in [-0.05, 0) is 23.8 Å². The van der Waals surface area contributed by atoms with Gasteiger partial charge in [-0.3, -0.25) is 0 Å². The summed E-state index contributed by atoms with van der Waals surface area (Å²) in [7, 11) is 0. The Hall–Kier alpha value is -3.11. The quantitative estimate of drug-likeness (QED) is 0.472. The van der Waals surface area contributed by atoms with Crippen LogP contribution in [0.2, 0.25) is 5.02 Å². The molecule has 0 aliphatic carbocycles. The molecule has 0 saturated heterocycles. The van der Waals surface area contributed by atoms with E-state index in [4.69, 9.17) is 16.1 Å². The zero-order valence-electron chi connectivity index (χ0n) is 13.5. The average Bonchev–Trinajstić information content (AvgIpc) is 3.07. The summed E-state index contributed by atoms with van der Waals surface area (Å²) >= 11 is 6.34. The maximum Gasteiger partial charge on any atom is 0.179 e. The molecule has 0 atom stereocenters. The zero-order valence-corrected chi connectivity index (χ0v) is 14.2. The molecule has 0 aliphatic rings. The van der Waals surface area contributed by atoms with Crippen LogP contribution in [-0.4, -0.2) is 10.3 Å². The molecule has 0 amide bonds. The summed E-state index contributed by atoms with van der Waals surface area (Å²) in [5.41, 5.74) is 3.16. The monoisotopic (exact) mass is 365 g/mol. The van der Waals surface area contributed by atoms with E-state index in [0.29, 0.717) is 33.2 Å². The first-order valence-electron chi connectivity index (χ1n) is 7.94. The van der Waals surface area contributed by atoms with E-state index in [1.807, 2.05) is 48.5 Å². The Morgan fingerprint density at radius 2 is 1.62 bits per heavy atom. The van der Waals surface area contributed by atoms with E-state index in [9.17, 15) is 9.50 Å². The van der Waals surface area contributed by atoms with Crippen molar-refractivity contribution in [3.63, 3.8) is 0 Å². The van der Waals surface area contributed by atoms with E-state index < -0.39 is 5.82 Å². The minimum atomic E-state index is -0.529. The molecular formula is C21H13ClFNO2. The molecule has 0 aliphatic heterocycles. The highest BCUT2D eigenvalue weighted by molar-refractivity contribution is 6.33. The third-order valence-corrected chi connectivity index (χ3v) is 4.42. The fraction of sp³-hybridized carbons (Fsp3) is 0. The molecule has 128 valence electrons. The predicted octanol–water partition coefficient (Wildman–Crippen LogP) is 6.17. The topological polar surface area (TPSA) is 46.3 Å². The Morgan fingerprint density at radius 1 is 0.885 bits per heavy atom. The number of aromatic nitrogens is 1. The third kappa shape index (κ3) is 2.85. The Labute approximate surface area is 154 Å². The molecule has 0 bridgehead atoms. The number of rotatable bonds is 3. The predicted molar refractivity (Wildman–Crippen MR) is 99.4 cm³/mol. The number of phenols is 1. The zero-order chi connectivity index (χ0) is 18.1. The summed E-state index contributed by atoms with van der Waals surface area (Å²) < 4.78 is 19.0. The first kappa shape index (κ1) is 16.4. The van der Waals surface area contributed by atoms with Gasteiger partial charge in [0.05, 0.1) is 16.1 Å². The minimum Gasteiger partial charge on any atom is -0.507 e. The van der Waals surface area contributed by atoms with Crippen LogP contribution in [0.5, 0.6) is 5.75 Å². The molecule has 0 fully saturated rings. The fourth-order valence-corrected chi connectivity index (χ4v) is 3.11. The molecule has 0 saturated carbocycles. The van der Waals surface area contributed by atoms with Gasteiger partial charge in [0.25, 0.3) is 0 Å². The summed E-state index contributed by atoms with van der Waals surface area (Å²) in [5.74, 6) is -0.397. The van der Waals surface area contributed by atoms with Crippen LogP contribution < -0.4 is 0 Å². The minimum absolute atomic E-state index is 0.218. The van der Waals surface area contributed by atoms with Crippen LogP contribution in [0.25, 0.3) is 33.7 Å². The third-order valence-electron chi connectivity index (χ3n) is 4.09. The van der Waals surface area contributed by atoms with E-state index in [0.717, 1.165) is 11.6 Å². The second-order valence-electron chi connectivity index (χ2n) is 5.74. The highest BCUT2D eigenvalue weighted by atomic mass is 35.5. The van der Waals surface area contributed by atoms with E-state index in [2.05, 4.69) is 5.16 Å². The van der Waals surface area contributed by atoms with Crippen molar-refractivity contribution in [3.8, 4) is 39.5 Å². The Morgan fingerprint density at radius 3 is 2.35 bits per heavy atom. The fourth-order valence-electron chi connectivity index (χ4n) is 2.88. The maximum atomic E-state index is 13.4. The molecule has 5 heteroatoms. The highest BCUT2D eigenvalue weighted by Gasteiger charge is 2.23. The number of phenolic OH excluding ortho intramolecular Hbond substituents is 1. The molecule has 26 heavy (non-hydrogen) atoms. The lowest BCUT2D eigenvalue weighted by Crippen LogP contribution is -1.87. The molecule has 1 heterocycles. The Balaban J connectivity index is 2.01. The van der Waals surface area contributed by atoms with Crippen molar-refractivity contribution in [1.82, 2.24) is 5.16 Å². The first-order valence-corrected chi connectivity index (χ1v) is 8.32. The lowest BCUT2D eigenvalue weighted by atomic mass is 9.96. The lowest BCUT2D eigenvalue weighted by Gasteiger charge is -2.07. The summed E-state index contributed by atoms with van der Waals surface area (Å²) in [6.07, 6.45) is 0. The van der Waals surface area contributed by atoms with Crippen LogP contribution >= 0.6 is 11.6 Å². The summed E-state index contributed by atoms with van der Waals surface area (Å²) in [6.45, 7) is 0. The smallest absolute Gasteiger partial charge is 0.179 e. The van der Waals surface area contributed by atoms with Crippen LogP contribution in [0.4, 0.5) is 4.39 Å². The number of hydrogen-bond acceptors (Lipinski definition) is 3. The molecule has 1 N–H and O–H groups in total. The summed E-state index contributed by atoms with van der Waals surface area (Å²) in [6, 6.07) is 20.6. The Kier molecular flexibility index (Phi) is 4.19. The molecular weight excluding hydrogens is 353 g/mol. The highest BCUT2D eigenvalue weighted by Crippen LogP contribution is 2.43. The molecule has 0 radical (unpaired) electrons. The molecule has 4 rings (SSSR count). The van der Waals surface area contributed by atoms with Crippen LogP contribution in [0.15, 0.2) is 77.3 Å². The lowest BCUT2D eigenvalue weighted by molar-refractivity contribution is 0.427. The SMILES string of the molecule is Oc1cc(F)ccc1-c1onc(-c2ccccc2Cl)c1-c1ccccc1. The molecule has 1 aromatic heterocycles. The van der Waals surface area contributed by atoms with Crippen molar-refractivity contribution in [3.05, 3.63) is 83.6 Å². The van der Waals surface area contributed by atoms with Crippen LogP contribution in [0.1, 0.15) is 0 Å². The molecule has 3 aromatic carbocycles. The van der Waals surface area contributed by atoms with E-state index in [1.165, 1.54) is 12.1 Å². The van der Waals surface area contributed by atoms with E-state index in [-0.39, 0.29) is 5.75 Å². The molecule has 4 aromatic rings. The van der Waals surface area contributed by atoms with Gasteiger partial charge >= 0.3 is 0 Å². The van der Waals surface area contributed by atoms with Crippen molar-refractivity contribution in [2.24, 2.45) is 0 Å². The van der Waals surface area contributed by atoms with E-state index >= 15 is 0 Å². The average molecular weight is 366 g/mol. The number of aromatic hydroxyl groups is 1. The molecule has 3 nitrogen and oxygen atoms in total. The summed E-state index contributed by atoms with van der Waals surface area (Å²) in [4.78, 5) is 0. The molecule has 0 unspecified atom stereocenters. The van der Waals surface area contributed by atoms with Crippen LogP contribution in [0.3, 0.4) is 0 Å². The first-order chi connectivity index (χ1) is 12.6. The largest absolute Gasteiger partial charge is 0.507 e. The van der Waals surface area contributed by atoms with E-state index in [1.54, 1.807) is 6.07 Å².